The number of nitrogens with two attached hydrogens (primary N) is 1. The summed E-state index contributed by atoms with van der Waals surface area (Å²) in [7, 11) is 0. The van der Waals surface area contributed by atoms with Gasteiger partial charge in [0.05, 0.1) is 12.3 Å². The number of hydrogen-bond acceptors (Lipinski definition) is 8. The van der Waals surface area contributed by atoms with E-state index in [-0.39, 0.29) is 37.5 Å². The molecule has 1 aromatic heterocycles. The molecule has 11 nitrogen and oxygen atoms in total. The summed E-state index contributed by atoms with van der Waals surface area (Å²) in [5, 5.41) is 2.77. The Morgan fingerprint density at radius 2 is 1.67 bits per heavy atom. The summed E-state index contributed by atoms with van der Waals surface area (Å²) in [6, 6.07) is 11.4. The van der Waals surface area contributed by atoms with Gasteiger partial charge in [0.25, 0.3) is 5.91 Å². The van der Waals surface area contributed by atoms with Crippen LogP contribution in [-0.4, -0.2) is 83.1 Å². The quantitative estimate of drug-likeness (QED) is 0.299. The number of carbonyl (C=O) groups excluding carboxylic acids is 4. The van der Waals surface area contributed by atoms with Crippen LogP contribution in [0, 0.1) is 0 Å². The summed E-state index contributed by atoms with van der Waals surface area (Å²) >= 11 is 0. The molecule has 0 radical (unpaired) electrons. The molecular weight excluding hydrogens is 538 g/mol. The van der Waals surface area contributed by atoms with Gasteiger partial charge in [-0.05, 0) is 45.7 Å². The number of amides is 3. The molecule has 0 unspecified atom stereocenters. The molecule has 1 aliphatic rings. The molecule has 1 saturated heterocycles. The number of hydrogen-bond donors (Lipinski definition) is 2. The maximum absolute atomic E-state index is 13.6. The number of nitrogens with one attached hydrogen (secondary N) is 1. The molecule has 3 rings (SSSR count). The van der Waals surface area contributed by atoms with Crippen LogP contribution in [0.15, 0.2) is 42.5 Å². The molecule has 228 valence electrons. The third-order valence-electron chi connectivity index (χ3n) is 6.63. The Hall–Kier alpha value is -4.15. The minimum atomic E-state index is -1.01. The Morgan fingerprint density at radius 1 is 1.00 bits per heavy atom. The molecule has 2 aromatic rings. The monoisotopic (exact) mass is 581 g/mol. The van der Waals surface area contributed by atoms with Crippen molar-refractivity contribution in [3.63, 3.8) is 0 Å². The molecule has 1 aliphatic heterocycles. The lowest BCUT2D eigenvalue weighted by molar-refractivity contribution is -0.155. The van der Waals surface area contributed by atoms with Gasteiger partial charge >= 0.3 is 12.1 Å². The molecule has 42 heavy (non-hydrogen) atoms. The van der Waals surface area contributed by atoms with Crippen molar-refractivity contribution in [1.29, 1.82) is 0 Å². The summed E-state index contributed by atoms with van der Waals surface area (Å²) in [5.41, 5.74) is 7.12. The molecule has 0 bridgehead atoms. The average molecular weight is 582 g/mol. The predicted octanol–water partition coefficient (Wildman–Crippen LogP) is 4.02. The zero-order chi connectivity index (χ0) is 30.7. The van der Waals surface area contributed by atoms with Gasteiger partial charge in [0.1, 0.15) is 17.3 Å². The van der Waals surface area contributed by atoms with Gasteiger partial charge in [-0.2, -0.15) is 0 Å². The number of unbranched alkanes of at least 4 members (excludes halogenated alkanes) is 2. The number of nitrogen functional groups attached to an aromatic ring is 1. The van der Waals surface area contributed by atoms with Crippen LogP contribution in [0.1, 0.15) is 70.3 Å². The van der Waals surface area contributed by atoms with Gasteiger partial charge in [-0.3, -0.25) is 14.4 Å². The molecule has 3 amide bonds. The molecule has 0 aliphatic carbocycles. The van der Waals surface area contributed by atoms with Crippen molar-refractivity contribution >= 4 is 29.6 Å². The zero-order valence-corrected chi connectivity index (χ0v) is 25.1. The molecule has 1 fully saturated rings. The van der Waals surface area contributed by atoms with E-state index >= 15 is 0 Å². The number of nitrogens with zero attached hydrogens (tertiary/aromatic N) is 3. The summed E-state index contributed by atoms with van der Waals surface area (Å²) in [5.74, 6) is -1.41. The Kier molecular flexibility index (Phi) is 11.7. The van der Waals surface area contributed by atoms with Gasteiger partial charge in [0.2, 0.25) is 5.91 Å². The molecular formula is C31H43N5O6. The standard InChI is InChI=1S/C31H43N5O6/c1-5-6-10-19-41-30(40)36-17-15-35(16-18-36)29(39)24(13-14-27(37)42-31(2,3)4)34-28(38)26-21-23(32)20-25(33-26)22-11-8-7-9-12-22/h7-9,11-12,20-21,24H,5-6,10,13-19H2,1-4H3,(H2,32,33)(H,34,38)/t24-/m0/s1. The Bertz CT molecular complexity index is 1220. The first-order valence-electron chi connectivity index (χ1n) is 14.5. The van der Waals surface area contributed by atoms with Crippen LogP contribution in [0.4, 0.5) is 10.5 Å². The predicted molar refractivity (Wildman–Crippen MR) is 159 cm³/mol. The fourth-order valence-corrected chi connectivity index (χ4v) is 4.50. The largest absolute Gasteiger partial charge is 0.460 e. The van der Waals surface area contributed by atoms with Crippen molar-refractivity contribution in [3.05, 3.63) is 48.2 Å². The summed E-state index contributed by atoms with van der Waals surface area (Å²) in [6.45, 7) is 8.90. The number of piperazine rings is 1. The maximum atomic E-state index is 13.6. The number of pyridine rings is 1. The van der Waals surface area contributed by atoms with Gasteiger partial charge < -0.3 is 30.3 Å². The Labute approximate surface area is 247 Å². The van der Waals surface area contributed by atoms with Gasteiger partial charge in [0.15, 0.2) is 0 Å². The topological polar surface area (TPSA) is 144 Å². The van der Waals surface area contributed by atoms with Gasteiger partial charge in [-0.25, -0.2) is 9.78 Å². The van der Waals surface area contributed by atoms with Crippen LogP contribution in [-0.2, 0) is 19.1 Å². The highest BCUT2D eigenvalue weighted by Crippen LogP contribution is 2.21. The number of benzene rings is 1. The van der Waals surface area contributed by atoms with E-state index in [1.807, 2.05) is 30.3 Å². The fourth-order valence-electron chi connectivity index (χ4n) is 4.50. The van der Waals surface area contributed by atoms with Gasteiger partial charge in [-0.15, -0.1) is 0 Å². The van der Waals surface area contributed by atoms with Crippen LogP contribution >= 0.6 is 0 Å². The molecule has 1 aromatic carbocycles. The average Bonchev–Trinajstić information content (AvgIpc) is 2.96. The number of carbonyl (C=O) groups is 4. The summed E-state index contributed by atoms with van der Waals surface area (Å²) in [4.78, 5) is 59.5. The van der Waals surface area contributed by atoms with Crippen LogP contribution in [0.5, 0.6) is 0 Å². The third-order valence-corrected chi connectivity index (χ3v) is 6.63. The second kappa shape index (κ2) is 15.2. The van der Waals surface area contributed by atoms with E-state index < -0.39 is 29.6 Å². The zero-order valence-electron chi connectivity index (χ0n) is 25.1. The van der Waals surface area contributed by atoms with Crippen molar-refractivity contribution in [2.75, 3.05) is 38.5 Å². The van der Waals surface area contributed by atoms with Crippen molar-refractivity contribution < 1.29 is 28.7 Å². The minimum Gasteiger partial charge on any atom is -0.460 e. The van der Waals surface area contributed by atoms with E-state index in [9.17, 15) is 19.2 Å². The second-order valence-electron chi connectivity index (χ2n) is 11.3. The van der Waals surface area contributed by atoms with Gasteiger partial charge in [-0.1, -0.05) is 50.1 Å². The highest BCUT2D eigenvalue weighted by molar-refractivity contribution is 5.97. The fraction of sp³-hybridized carbons (Fsp3) is 0.516. The first-order valence-corrected chi connectivity index (χ1v) is 14.5. The molecule has 11 heteroatoms. The molecule has 0 spiro atoms. The van der Waals surface area contributed by atoms with E-state index in [2.05, 4.69) is 17.2 Å². The first-order chi connectivity index (χ1) is 20.0. The number of anilines is 1. The minimum absolute atomic E-state index is 0.0348. The van der Waals surface area contributed by atoms with E-state index in [0.29, 0.717) is 31.1 Å². The maximum Gasteiger partial charge on any atom is 0.409 e. The highest BCUT2D eigenvalue weighted by Gasteiger charge is 2.32. The first kappa shape index (κ1) is 32.4. The lowest BCUT2D eigenvalue weighted by Gasteiger charge is -2.36. The Morgan fingerprint density at radius 3 is 2.31 bits per heavy atom. The summed E-state index contributed by atoms with van der Waals surface area (Å²) in [6.07, 6.45) is 2.41. The van der Waals surface area contributed by atoms with E-state index in [1.165, 1.54) is 6.07 Å². The van der Waals surface area contributed by atoms with Crippen molar-refractivity contribution in [2.24, 2.45) is 0 Å². The Balaban J connectivity index is 1.70. The SMILES string of the molecule is CCCCCOC(=O)N1CCN(C(=O)[C@H](CCC(=O)OC(C)(C)C)NC(=O)c2cc(N)cc(-c3ccccc3)n2)CC1. The second-order valence-corrected chi connectivity index (χ2v) is 11.3. The van der Waals surface area contributed by atoms with E-state index in [1.54, 1.807) is 36.6 Å². The van der Waals surface area contributed by atoms with Crippen LogP contribution in [0.3, 0.4) is 0 Å². The molecule has 3 N–H and O–H groups in total. The number of esters is 1. The third kappa shape index (κ3) is 10.0. The smallest absolute Gasteiger partial charge is 0.409 e. The molecule has 2 heterocycles. The van der Waals surface area contributed by atoms with Crippen molar-refractivity contribution in [2.45, 2.75) is 71.4 Å². The van der Waals surface area contributed by atoms with Crippen LogP contribution in [0.25, 0.3) is 11.3 Å². The van der Waals surface area contributed by atoms with Crippen molar-refractivity contribution in [1.82, 2.24) is 20.1 Å². The number of ether oxygens (including phenoxy) is 2. The normalized spacial score (nSPS) is 14.2. The van der Waals surface area contributed by atoms with Crippen molar-refractivity contribution in [3.8, 4) is 11.3 Å². The van der Waals surface area contributed by atoms with E-state index in [0.717, 1.165) is 24.8 Å². The van der Waals surface area contributed by atoms with Gasteiger partial charge in [0, 0.05) is 43.9 Å². The van der Waals surface area contributed by atoms with Crippen LogP contribution in [0.2, 0.25) is 0 Å². The summed E-state index contributed by atoms with van der Waals surface area (Å²) < 4.78 is 10.8. The highest BCUT2D eigenvalue weighted by atomic mass is 16.6. The van der Waals surface area contributed by atoms with E-state index in [4.69, 9.17) is 15.2 Å². The lowest BCUT2D eigenvalue weighted by atomic mass is 10.1. The van der Waals surface area contributed by atoms with Crippen LogP contribution < -0.4 is 11.1 Å². The number of aromatic nitrogens is 1. The lowest BCUT2D eigenvalue weighted by Crippen LogP contribution is -2.56. The molecule has 0 saturated carbocycles. The number of rotatable bonds is 11. The molecule has 1 atom stereocenters.